The Morgan fingerprint density at radius 2 is 0.952 bits per heavy atom. The highest BCUT2D eigenvalue weighted by molar-refractivity contribution is 7.18. The van der Waals surface area contributed by atoms with Crippen LogP contribution < -0.4 is 48.2 Å². The van der Waals surface area contributed by atoms with E-state index in [-0.39, 0.29) is 59.2 Å². The second kappa shape index (κ2) is 40.9. The lowest BCUT2D eigenvalue weighted by molar-refractivity contribution is -0.387. The molecule has 5 aromatic carbocycles. The van der Waals surface area contributed by atoms with Crippen molar-refractivity contribution in [2.75, 3.05) is 70.5 Å². The number of nitro groups is 3. The van der Waals surface area contributed by atoms with E-state index in [0.29, 0.717) is 104 Å². The van der Waals surface area contributed by atoms with E-state index in [4.69, 9.17) is 88.7 Å². The van der Waals surface area contributed by atoms with E-state index >= 15 is 0 Å². The Bertz CT molecular complexity index is 4370. The SMILES string of the molecule is CCO.Clc1ncnc2ccsc12.NC(=O)c1ccc(N)c(OC2CCOC2)c1.NC(=O)c1ccc(Nc2ncnc3ccsc23)c(OC2CCOC2)c1.NC(=O)c1ccc([N+](=O)[O-])c(F)c1.NC(=O)c1ccc([N+](=O)[O-])c(OC2CCOC2)c1.O=C(O)c1ccc([N+](=O)[O-])c(F)c1.OC1CCOC1. The first kappa shape index (κ1) is 81.6. The number of rotatable bonds is 16. The molecule has 0 bridgehead atoms. The molecular formula is C65H68ClF2N13O21S2. The number of nitrogens with two attached hydrogens (primary N) is 5. The molecule has 13 rings (SSSR count). The summed E-state index contributed by atoms with van der Waals surface area (Å²) in [5.74, 6) is -4.23. The number of hydrogen-bond acceptors (Lipinski definition) is 28. The lowest BCUT2D eigenvalue weighted by atomic mass is 10.1. The van der Waals surface area contributed by atoms with E-state index in [9.17, 15) is 63.1 Å². The number of nitrogens with one attached hydrogen (secondary N) is 1. The van der Waals surface area contributed by atoms with Gasteiger partial charge in [-0.15, -0.1) is 22.7 Å². The molecule has 4 aromatic heterocycles. The molecule has 8 heterocycles. The molecule has 0 spiro atoms. The fourth-order valence-corrected chi connectivity index (χ4v) is 10.6. The fraction of sp³-hybridized carbons (Fsp3) is 0.277. The summed E-state index contributed by atoms with van der Waals surface area (Å²) in [6.07, 6.45) is 5.66. The van der Waals surface area contributed by atoms with E-state index in [0.717, 1.165) is 76.6 Å². The molecule has 39 heteroatoms. The Labute approximate surface area is 601 Å². The van der Waals surface area contributed by atoms with Gasteiger partial charge in [0.1, 0.15) is 47.6 Å². The molecule has 4 unspecified atom stereocenters. The number of nitrogens with zero attached hydrogens (tertiary/aromatic N) is 7. The van der Waals surface area contributed by atoms with Crippen LogP contribution in [0.4, 0.5) is 43.0 Å². The molecule has 4 aliphatic rings. The number of aromatic nitrogens is 4. The van der Waals surface area contributed by atoms with Gasteiger partial charge in [-0.05, 0) is 103 Å². The van der Waals surface area contributed by atoms with Crippen molar-refractivity contribution in [2.24, 2.45) is 22.9 Å². The third-order valence-electron chi connectivity index (χ3n) is 14.0. The van der Waals surface area contributed by atoms with Gasteiger partial charge in [-0.25, -0.2) is 24.7 Å². The van der Waals surface area contributed by atoms with Gasteiger partial charge in [0, 0.05) is 79.0 Å². The van der Waals surface area contributed by atoms with E-state index in [1.54, 1.807) is 66.0 Å². The second-order valence-corrected chi connectivity index (χ2v) is 23.6. The Morgan fingerprint density at radius 3 is 1.38 bits per heavy atom. The van der Waals surface area contributed by atoms with Crippen molar-refractivity contribution >= 4 is 119 Å². The minimum absolute atomic E-state index is 0.00502. The number of carboxylic acids is 1. The largest absolute Gasteiger partial charge is 0.486 e. The predicted octanol–water partition coefficient (Wildman–Crippen LogP) is 8.47. The molecule has 34 nitrogen and oxygen atoms in total. The van der Waals surface area contributed by atoms with Gasteiger partial charge >= 0.3 is 23.0 Å². The van der Waals surface area contributed by atoms with Crippen LogP contribution in [-0.4, -0.2) is 164 Å². The van der Waals surface area contributed by atoms with Crippen LogP contribution in [0, 0.1) is 42.0 Å². The standard InChI is InChI=1S/C17H16N4O3S.C11H12N2O5.C11H14N2O3.C7H5FN2O3.C7H4FNO4.C6H3ClN2S.C4H8O2.C2H6O/c18-16(22)10-1-2-12(14(7-10)24-11-3-5-23-8-11)21-17-15-13(4-6-25-15)19-9-20-17;12-11(14)7-1-2-9(13(15)16)10(5-7)18-8-3-4-17-6-8;12-9-2-1-7(11(13)14)5-10(9)16-8-3-4-15-6-8;8-5-3-4(7(9)11)1-2-6(5)10(12)13;8-5-3-4(7(10)11)1-2-6(5)9(12)13;7-6-5-4(1-2-10-5)8-3-9-6;5-4-1-2-6-3-4;1-2-3/h1-2,4,6-7,9,11H,3,5,8H2,(H2,18,22)(H,19,20,21);1-2,5,8H,3-4,6H2,(H2,12,14);1-2,5,8H,3-4,6,12H2,(H2,13,14);1-3H,(H2,9,11);1-3H,(H,10,11);1-3H;4-5H,1-3H2;3H,2H2,1H3. The van der Waals surface area contributed by atoms with Gasteiger partial charge in [0.25, 0.3) is 0 Å². The number of ether oxygens (including phenoxy) is 7. The minimum atomic E-state index is -1.33. The number of carboxylic acid groups (broad SMARTS) is 1. The molecule has 4 atom stereocenters. The van der Waals surface area contributed by atoms with Crippen LogP contribution in [-0.2, 0) is 18.9 Å². The molecule has 14 N–H and O–H groups in total. The third-order valence-corrected chi connectivity index (χ3v) is 16.2. The minimum Gasteiger partial charge on any atom is -0.486 e. The van der Waals surface area contributed by atoms with Crippen LogP contribution in [0.2, 0.25) is 5.15 Å². The van der Waals surface area contributed by atoms with E-state index in [2.05, 4.69) is 25.3 Å². The summed E-state index contributed by atoms with van der Waals surface area (Å²) >= 11 is 8.87. The molecule has 0 saturated carbocycles. The van der Waals surface area contributed by atoms with Gasteiger partial charge in [-0.1, -0.05) is 11.6 Å². The number of primary amides is 4. The maximum absolute atomic E-state index is 12.8. The van der Waals surface area contributed by atoms with Crippen LogP contribution in [0.3, 0.4) is 0 Å². The lowest BCUT2D eigenvalue weighted by Gasteiger charge is -2.17. The highest BCUT2D eigenvalue weighted by Gasteiger charge is 2.26. The molecule has 552 valence electrons. The summed E-state index contributed by atoms with van der Waals surface area (Å²) in [5.41, 5.74) is 28.2. The van der Waals surface area contributed by atoms with Gasteiger partial charge in [-0.2, -0.15) is 8.78 Å². The van der Waals surface area contributed by atoms with Crippen LogP contribution in [0.15, 0.2) is 127 Å². The van der Waals surface area contributed by atoms with Gasteiger partial charge in [0.05, 0.1) is 104 Å². The van der Waals surface area contributed by atoms with Crippen molar-refractivity contribution < 1.29 is 96.0 Å². The monoisotopic (exact) mass is 1500 g/mol. The summed E-state index contributed by atoms with van der Waals surface area (Å²) < 4.78 is 65.1. The first-order chi connectivity index (χ1) is 49.7. The van der Waals surface area contributed by atoms with Crippen LogP contribution in [0.25, 0.3) is 20.4 Å². The van der Waals surface area contributed by atoms with Crippen molar-refractivity contribution in [1.29, 1.82) is 0 Å². The van der Waals surface area contributed by atoms with Crippen molar-refractivity contribution in [3.05, 3.63) is 201 Å². The summed E-state index contributed by atoms with van der Waals surface area (Å²) in [7, 11) is 0. The maximum atomic E-state index is 12.8. The lowest BCUT2D eigenvalue weighted by Crippen LogP contribution is -2.17. The van der Waals surface area contributed by atoms with Crippen molar-refractivity contribution in [2.45, 2.75) is 57.0 Å². The third kappa shape index (κ3) is 25.3. The first-order valence-electron chi connectivity index (χ1n) is 30.7. The maximum Gasteiger partial charge on any atom is 0.335 e. The topological polar surface area (TPSA) is 534 Å². The van der Waals surface area contributed by atoms with Gasteiger partial charge < -0.3 is 82.5 Å². The zero-order valence-corrected chi connectivity index (χ0v) is 57.2. The summed E-state index contributed by atoms with van der Waals surface area (Å²) in [4.78, 5) is 99.6. The first-order valence-corrected chi connectivity index (χ1v) is 32.8. The number of hydrogen-bond donors (Lipinski definition) is 9. The summed E-state index contributed by atoms with van der Waals surface area (Å²) in [5, 5.41) is 63.4. The summed E-state index contributed by atoms with van der Waals surface area (Å²) in [6.45, 7) is 6.61. The van der Waals surface area contributed by atoms with E-state index < -0.39 is 67.4 Å². The van der Waals surface area contributed by atoms with Gasteiger partial charge in [0.2, 0.25) is 35.3 Å². The average Bonchev–Trinajstić information content (AvgIpc) is 1.44. The van der Waals surface area contributed by atoms with E-state index in [1.807, 2.05) is 22.9 Å². The van der Waals surface area contributed by atoms with E-state index in [1.165, 1.54) is 30.9 Å². The number of aromatic carboxylic acids is 1. The number of benzene rings is 5. The Morgan fingerprint density at radius 1 is 0.558 bits per heavy atom. The smallest absolute Gasteiger partial charge is 0.335 e. The average molecular weight is 1500 g/mol. The number of aliphatic hydroxyl groups excluding tert-OH is 2. The summed E-state index contributed by atoms with van der Waals surface area (Å²) in [6, 6.07) is 22.7. The molecule has 4 saturated heterocycles. The van der Waals surface area contributed by atoms with Crippen molar-refractivity contribution in [1.82, 2.24) is 19.9 Å². The van der Waals surface area contributed by atoms with Crippen LogP contribution >= 0.6 is 34.3 Å². The molecule has 0 aliphatic carbocycles. The number of thiophene rings is 2. The highest BCUT2D eigenvalue weighted by atomic mass is 35.5. The number of nitrogen functional groups attached to an aromatic ring is 1. The number of carbonyl (C=O) groups excluding carboxylic acids is 4. The molecule has 104 heavy (non-hydrogen) atoms. The molecule has 4 amide bonds. The zero-order chi connectivity index (χ0) is 76.0. The number of aliphatic hydroxyl groups is 2. The normalized spacial score (nSPS) is 15.9. The predicted molar refractivity (Wildman–Crippen MR) is 374 cm³/mol. The zero-order valence-electron chi connectivity index (χ0n) is 54.8. The van der Waals surface area contributed by atoms with Gasteiger partial charge in [-0.3, -0.25) is 49.5 Å². The Hall–Kier alpha value is -11.4. The Balaban J connectivity index is 0.000000195. The van der Waals surface area contributed by atoms with Gasteiger partial charge in [0.15, 0.2) is 11.6 Å². The number of anilines is 3. The van der Waals surface area contributed by atoms with Crippen molar-refractivity contribution in [3.63, 3.8) is 0 Å². The van der Waals surface area contributed by atoms with Crippen LogP contribution in [0.1, 0.15) is 84.4 Å². The quantitative estimate of drug-likeness (QED) is 0.0189. The number of nitro benzene ring substituents is 3. The second-order valence-electron chi connectivity index (χ2n) is 21.4. The number of carbonyl (C=O) groups is 5. The van der Waals surface area contributed by atoms with Crippen molar-refractivity contribution in [3.8, 4) is 17.2 Å². The highest BCUT2D eigenvalue weighted by Crippen LogP contribution is 2.35. The molecule has 4 aliphatic heterocycles. The molecule has 9 aromatic rings. The Kier molecular flexibility index (Phi) is 32.1. The van der Waals surface area contributed by atoms with Crippen LogP contribution in [0.5, 0.6) is 17.2 Å². The number of fused-ring (bicyclic) bond motifs is 2. The molecular weight excluding hydrogens is 1440 g/mol. The molecule has 0 radical (unpaired) electrons. The fourth-order valence-electron chi connectivity index (χ4n) is 8.82. The molecule has 4 fully saturated rings. The number of halogens is 3. The number of amides is 4.